The molecule has 0 aromatic heterocycles. The fourth-order valence-corrected chi connectivity index (χ4v) is 1.63. The standard InChI is InChI=1S/C9H15N3O3/c10-9(14)7-1-2-12(7)8(13)5-15-6-3-11-4-6/h6-7,11H,1-5H2,(H2,10,14). The molecular formula is C9H15N3O3. The molecule has 84 valence electrons. The maximum atomic E-state index is 11.6. The van der Waals surface area contributed by atoms with Gasteiger partial charge in [-0.2, -0.15) is 0 Å². The van der Waals surface area contributed by atoms with E-state index in [1.54, 1.807) is 0 Å². The molecule has 6 heteroatoms. The molecule has 2 aliphatic heterocycles. The van der Waals surface area contributed by atoms with Gasteiger partial charge in [0.1, 0.15) is 12.6 Å². The Kier molecular flexibility index (Phi) is 2.88. The molecule has 2 aliphatic rings. The van der Waals surface area contributed by atoms with E-state index in [0.717, 1.165) is 13.1 Å². The Balaban J connectivity index is 1.73. The second kappa shape index (κ2) is 4.16. The minimum absolute atomic E-state index is 0.0517. The molecule has 6 nitrogen and oxygen atoms in total. The number of nitrogens with zero attached hydrogens (tertiary/aromatic N) is 1. The Morgan fingerprint density at radius 2 is 2.20 bits per heavy atom. The Bertz CT molecular complexity index is 278. The van der Waals surface area contributed by atoms with E-state index < -0.39 is 11.9 Å². The van der Waals surface area contributed by atoms with E-state index in [2.05, 4.69) is 5.32 Å². The molecule has 2 saturated heterocycles. The van der Waals surface area contributed by atoms with Crippen molar-refractivity contribution in [2.75, 3.05) is 26.2 Å². The van der Waals surface area contributed by atoms with Gasteiger partial charge in [-0.1, -0.05) is 0 Å². The van der Waals surface area contributed by atoms with Crippen LogP contribution in [0.1, 0.15) is 6.42 Å². The second-order valence-electron chi connectivity index (χ2n) is 3.89. The predicted octanol–water partition coefficient (Wildman–Crippen LogP) is -1.94. The summed E-state index contributed by atoms with van der Waals surface area (Å²) in [6.45, 7) is 2.26. The number of hydrogen-bond donors (Lipinski definition) is 2. The number of primary amides is 1. The lowest BCUT2D eigenvalue weighted by atomic mass is 10.0. The Labute approximate surface area is 87.7 Å². The van der Waals surface area contributed by atoms with Gasteiger partial charge >= 0.3 is 0 Å². The van der Waals surface area contributed by atoms with Crippen molar-refractivity contribution in [2.24, 2.45) is 5.73 Å². The summed E-state index contributed by atoms with van der Waals surface area (Å²) in [5.74, 6) is -0.572. The van der Waals surface area contributed by atoms with Crippen LogP contribution in [0.25, 0.3) is 0 Å². The van der Waals surface area contributed by atoms with Crippen molar-refractivity contribution in [3.05, 3.63) is 0 Å². The third kappa shape index (κ3) is 2.10. The van der Waals surface area contributed by atoms with E-state index in [1.807, 2.05) is 0 Å². The molecule has 3 N–H and O–H groups in total. The number of nitrogens with two attached hydrogens (primary N) is 1. The third-order valence-corrected chi connectivity index (χ3v) is 2.85. The first-order chi connectivity index (χ1) is 7.18. The maximum Gasteiger partial charge on any atom is 0.249 e. The number of likely N-dealkylation sites (tertiary alicyclic amines) is 1. The Hall–Kier alpha value is -1.14. The molecule has 15 heavy (non-hydrogen) atoms. The summed E-state index contributed by atoms with van der Waals surface area (Å²) in [7, 11) is 0. The average Bonchev–Trinajstić information content (AvgIpc) is 1.97. The number of carbonyl (C=O) groups excluding carboxylic acids is 2. The van der Waals surface area contributed by atoms with Crippen molar-refractivity contribution >= 4 is 11.8 Å². The molecule has 0 radical (unpaired) electrons. The van der Waals surface area contributed by atoms with Gasteiger partial charge in [0.05, 0.1) is 6.10 Å². The molecule has 1 unspecified atom stereocenters. The summed E-state index contributed by atoms with van der Waals surface area (Å²) >= 11 is 0. The van der Waals surface area contributed by atoms with E-state index in [1.165, 1.54) is 4.90 Å². The summed E-state index contributed by atoms with van der Waals surface area (Å²) in [5.41, 5.74) is 5.14. The number of amides is 2. The average molecular weight is 213 g/mol. The van der Waals surface area contributed by atoms with Crippen LogP contribution in [0.15, 0.2) is 0 Å². The van der Waals surface area contributed by atoms with Crippen molar-refractivity contribution in [3.8, 4) is 0 Å². The number of carbonyl (C=O) groups is 2. The van der Waals surface area contributed by atoms with Crippen molar-refractivity contribution in [3.63, 3.8) is 0 Å². The number of nitrogens with one attached hydrogen (secondary N) is 1. The quantitative estimate of drug-likeness (QED) is 0.569. The van der Waals surface area contributed by atoms with E-state index in [0.29, 0.717) is 13.0 Å². The monoisotopic (exact) mass is 213 g/mol. The molecule has 1 atom stereocenters. The van der Waals surface area contributed by atoms with Gasteiger partial charge in [-0.3, -0.25) is 9.59 Å². The van der Waals surface area contributed by atoms with Crippen LogP contribution in [0.5, 0.6) is 0 Å². The Morgan fingerprint density at radius 1 is 1.47 bits per heavy atom. The highest BCUT2D eigenvalue weighted by atomic mass is 16.5. The van der Waals surface area contributed by atoms with E-state index in [4.69, 9.17) is 10.5 Å². The summed E-state index contributed by atoms with van der Waals surface area (Å²) in [6, 6.07) is -0.416. The largest absolute Gasteiger partial charge is 0.368 e. The van der Waals surface area contributed by atoms with Gasteiger partial charge in [0.2, 0.25) is 11.8 Å². The minimum Gasteiger partial charge on any atom is -0.368 e. The first-order valence-electron chi connectivity index (χ1n) is 5.09. The molecule has 2 heterocycles. The summed E-state index contributed by atoms with van der Waals surface area (Å²) < 4.78 is 5.32. The van der Waals surface area contributed by atoms with Crippen LogP contribution in [0.3, 0.4) is 0 Å². The molecular weight excluding hydrogens is 198 g/mol. The number of hydrogen-bond acceptors (Lipinski definition) is 4. The first-order valence-corrected chi connectivity index (χ1v) is 5.09. The highest BCUT2D eigenvalue weighted by molar-refractivity contribution is 5.88. The fourth-order valence-electron chi connectivity index (χ4n) is 1.63. The van der Waals surface area contributed by atoms with Crippen molar-refractivity contribution in [1.82, 2.24) is 10.2 Å². The SMILES string of the molecule is NC(=O)C1CCN1C(=O)COC1CNC1. The van der Waals surface area contributed by atoms with Crippen LogP contribution in [0.2, 0.25) is 0 Å². The molecule has 0 aliphatic carbocycles. The molecule has 0 spiro atoms. The normalized spacial score (nSPS) is 25.6. The summed E-state index contributed by atoms with van der Waals surface area (Å²) in [5, 5.41) is 3.05. The smallest absolute Gasteiger partial charge is 0.249 e. The molecule has 2 rings (SSSR count). The lowest BCUT2D eigenvalue weighted by molar-refractivity contribution is -0.152. The van der Waals surface area contributed by atoms with E-state index in [-0.39, 0.29) is 18.6 Å². The molecule has 0 aromatic rings. The highest BCUT2D eigenvalue weighted by Gasteiger charge is 2.36. The molecule has 0 aromatic carbocycles. The van der Waals surface area contributed by atoms with Gasteiger partial charge in [-0.25, -0.2) is 0 Å². The zero-order valence-electron chi connectivity index (χ0n) is 8.44. The fraction of sp³-hybridized carbons (Fsp3) is 0.778. The van der Waals surface area contributed by atoms with Crippen LogP contribution in [0, 0.1) is 0 Å². The lowest BCUT2D eigenvalue weighted by Crippen LogP contribution is -2.58. The van der Waals surface area contributed by atoms with Gasteiger partial charge in [0.15, 0.2) is 0 Å². The zero-order valence-corrected chi connectivity index (χ0v) is 8.44. The van der Waals surface area contributed by atoms with Crippen LogP contribution in [-0.2, 0) is 14.3 Å². The van der Waals surface area contributed by atoms with Crippen LogP contribution >= 0.6 is 0 Å². The summed E-state index contributed by atoms with van der Waals surface area (Å²) in [6.07, 6.45) is 0.814. The van der Waals surface area contributed by atoms with E-state index in [9.17, 15) is 9.59 Å². The zero-order chi connectivity index (χ0) is 10.8. The second-order valence-corrected chi connectivity index (χ2v) is 3.89. The molecule has 0 saturated carbocycles. The highest BCUT2D eigenvalue weighted by Crippen LogP contribution is 2.17. The number of ether oxygens (including phenoxy) is 1. The Morgan fingerprint density at radius 3 is 2.60 bits per heavy atom. The van der Waals surface area contributed by atoms with Crippen molar-refractivity contribution < 1.29 is 14.3 Å². The van der Waals surface area contributed by atoms with Crippen molar-refractivity contribution in [2.45, 2.75) is 18.6 Å². The van der Waals surface area contributed by atoms with Gasteiger partial charge < -0.3 is 20.7 Å². The van der Waals surface area contributed by atoms with Crippen LogP contribution < -0.4 is 11.1 Å². The van der Waals surface area contributed by atoms with Gasteiger partial charge in [0, 0.05) is 19.6 Å². The number of rotatable bonds is 4. The van der Waals surface area contributed by atoms with Gasteiger partial charge in [-0.05, 0) is 6.42 Å². The van der Waals surface area contributed by atoms with Crippen LogP contribution in [-0.4, -0.2) is 55.1 Å². The topological polar surface area (TPSA) is 84.7 Å². The maximum absolute atomic E-state index is 11.6. The van der Waals surface area contributed by atoms with Crippen molar-refractivity contribution in [1.29, 1.82) is 0 Å². The predicted molar refractivity (Wildman–Crippen MR) is 51.9 cm³/mol. The molecule has 2 fully saturated rings. The van der Waals surface area contributed by atoms with E-state index >= 15 is 0 Å². The van der Waals surface area contributed by atoms with Gasteiger partial charge in [0.25, 0.3) is 0 Å². The molecule has 0 bridgehead atoms. The summed E-state index contributed by atoms with van der Waals surface area (Å²) in [4.78, 5) is 23.9. The molecule has 2 amide bonds. The minimum atomic E-state index is -0.431. The van der Waals surface area contributed by atoms with Gasteiger partial charge in [-0.15, -0.1) is 0 Å². The first kappa shape index (κ1) is 10.4. The third-order valence-electron chi connectivity index (χ3n) is 2.85. The van der Waals surface area contributed by atoms with Crippen LogP contribution in [0.4, 0.5) is 0 Å². The lowest BCUT2D eigenvalue weighted by Gasteiger charge is -2.39.